The van der Waals surface area contributed by atoms with Gasteiger partial charge in [-0.05, 0) is 24.8 Å². The van der Waals surface area contributed by atoms with Crippen molar-refractivity contribution in [1.82, 2.24) is 9.97 Å². The molecule has 1 aromatic rings. The van der Waals surface area contributed by atoms with Gasteiger partial charge in [-0.2, -0.15) is 4.98 Å². The van der Waals surface area contributed by atoms with Crippen LogP contribution in [0.2, 0.25) is 0 Å². The van der Waals surface area contributed by atoms with Crippen LogP contribution in [0, 0.1) is 5.92 Å². The molecule has 3 fully saturated rings. The summed E-state index contributed by atoms with van der Waals surface area (Å²) in [6.07, 6.45) is 6.25. The normalized spacial score (nSPS) is 27.6. The minimum atomic E-state index is -0.337. The Hall–Kier alpha value is -1.40. The maximum atomic E-state index is 5.80. The van der Waals surface area contributed by atoms with Crippen LogP contribution in [0.5, 0.6) is 0 Å². The summed E-state index contributed by atoms with van der Waals surface area (Å²) in [7, 11) is 0. The quantitative estimate of drug-likeness (QED) is 0.832. The summed E-state index contributed by atoms with van der Waals surface area (Å²) >= 11 is 0. The average molecular weight is 318 g/mol. The molecular weight excluding hydrogens is 292 g/mol. The van der Waals surface area contributed by atoms with Crippen molar-refractivity contribution in [2.75, 3.05) is 49.2 Å². The second kappa shape index (κ2) is 6.24. The van der Waals surface area contributed by atoms with Crippen LogP contribution < -0.4 is 9.80 Å². The first-order valence-electron chi connectivity index (χ1n) is 8.85. The monoisotopic (exact) mass is 318 g/mol. The molecule has 0 saturated carbocycles. The van der Waals surface area contributed by atoms with Gasteiger partial charge in [0, 0.05) is 45.2 Å². The van der Waals surface area contributed by atoms with Crippen LogP contribution in [0.3, 0.4) is 0 Å². The van der Waals surface area contributed by atoms with Crippen molar-refractivity contribution >= 4 is 11.8 Å². The fourth-order valence-electron chi connectivity index (χ4n) is 3.90. The Labute approximate surface area is 137 Å². The Bertz CT molecular complexity index is 537. The highest BCUT2D eigenvalue weighted by Crippen LogP contribution is 2.32. The van der Waals surface area contributed by atoms with E-state index in [-0.39, 0.29) is 5.79 Å². The van der Waals surface area contributed by atoms with Crippen LogP contribution >= 0.6 is 0 Å². The lowest BCUT2D eigenvalue weighted by Crippen LogP contribution is -2.45. The van der Waals surface area contributed by atoms with E-state index in [1.165, 1.54) is 12.8 Å². The van der Waals surface area contributed by atoms with Gasteiger partial charge in [-0.25, -0.2) is 4.98 Å². The van der Waals surface area contributed by atoms with E-state index in [0.717, 1.165) is 69.9 Å². The smallest absolute Gasteiger partial charge is 0.227 e. The summed E-state index contributed by atoms with van der Waals surface area (Å²) in [5.74, 6) is 2.31. The van der Waals surface area contributed by atoms with Gasteiger partial charge < -0.3 is 19.3 Å². The third kappa shape index (κ3) is 3.15. The summed E-state index contributed by atoms with van der Waals surface area (Å²) in [5.41, 5.74) is 0. The van der Waals surface area contributed by atoms with Crippen LogP contribution in [-0.4, -0.2) is 55.1 Å². The molecule has 1 aromatic heterocycles. The van der Waals surface area contributed by atoms with E-state index in [2.05, 4.69) is 21.7 Å². The van der Waals surface area contributed by atoms with Gasteiger partial charge in [0.1, 0.15) is 5.82 Å². The number of hydrogen-bond acceptors (Lipinski definition) is 6. The number of rotatable bonds is 2. The van der Waals surface area contributed by atoms with Gasteiger partial charge in [0.25, 0.3) is 0 Å². The van der Waals surface area contributed by atoms with E-state index < -0.39 is 0 Å². The standard InChI is InChI=1S/C17H26N4O2/c1-14-3-2-8-21(13-14)15-4-7-18-16(19-15)20-9-5-17(6-10-20)22-11-12-23-17/h4,7,14H,2-3,5-6,8-13H2,1H3. The summed E-state index contributed by atoms with van der Waals surface area (Å²) in [5, 5.41) is 0. The topological polar surface area (TPSA) is 50.7 Å². The predicted molar refractivity (Wildman–Crippen MR) is 88.7 cm³/mol. The first kappa shape index (κ1) is 15.1. The van der Waals surface area contributed by atoms with Crippen molar-refractivity contribution in [2.24, 2.45) is 5.92 Å². The molecule has 6 nitrogen and oxygen atoms in total. The van der Waals surface area contributed by atoms with Gasteiger partial charge in [-0.15, -0.1) is 0 Å². The molecule has 1 spiro atoms. The molecule has 6 heteroatoms. The van der Waals surface area contributed by atoms with E-state index >= 15 is 0 Å². The lowest BCUT2D eigenvalue weighted by Gasteiger charge is -2.38. The largest absolute Gasteiger partial charge is 0.356 e. The third-order valence-electron chi connectivity index (χ3n) is 5.23. The van der Waals surface area contributed by atoms with E-state index in [0.29, 0.717) is 0 Å². The molecule has 0 radical (unpaired) electrons. The highest BCUT2D eigenvalue weighted by atomic mass is 16.7. The minimum absolute atomic E-state index is 0.337. The van der Waals surface area contributed by atoms with Crippen LogP contribution in [0.15, 0.2) is 12.3 Å². The maximum absolute atomic E-state index is 5.80. The molecular formula is C17H26N4O2. The van der Waals surface area contributed by atoms with E-state index in [4.69, 9.17) is 14.5 Å². The zero-order valence-electron chi connectivity index (χ0n) is 13.9. The highest BCUT2D eigenvalue weighted by molar-refractivity contribution is 5.44. The number of piperidine rings is 2. The predicted octanol–water partition coefficient (Wildman–Crippen LogP) is 2.06. The fraction of sp³-hybridized carbons (Fsp3) is 0.765. The number of ether oxygens (including phenoxy) is 2. The van der Waals surface area contributed by atoms with Crippen molar-refractivity contribution in [2.45, 2.75) is 38.4 Å². The molecule has 23 heavy (non-hydrogen) atoms. The SMILES string of the molecule is CC1CCCN(c2ccnc(N3CCC4(CC3)OCCO4)n2)C1. The van der Waals surface area contributed by atoms with Crippen LogP contribution in [0.1, 0.15) is 32.6 Å². The summed E-state index contributed by atoms with van der Waals surface area (Å²) in [6, 6.07) is 2.04. The Morgan fingerprint density at radius 2 is 1.91 bits per heavy atom. The zero-order chi connectivity index (χ0) is 15.7. The molecule has 0 bridgehead atoms. The van der Waals surface area contributed by atoms with Crippen molar-refractivity contribution < 1.29 is 9.47 Å². The number of anilines is 2. The highest BCUT2D eigenvalue weighted by Gasteiger charge is 2.40. The maximum Gasteiger partial charge on any atom is 0.227 e. The second-order valence-corrected chi connectivity index (χ2v) is 7.00. The first-order valence-corrected chi connectivity index (χ1v) is 8.85. The van der Waals surface area contributed by atoms with Crippen LogP contribution in [0.25, 0.3) is 0 Å². The van der Waals surface area contributed by atoms with Crippen LogP contribution in [-0.2, 0) is 9.47 Å². The molecule has 3 aliphatic rings. The average Bonchev–Trinajstić information content (AvgIpc) is 3.04. The van der Waals surface area contributed by atoms with Crippen molar-refractivity contribution in [1.29, 1.82) is 0 Å². The van der Waals surface area contributed by atoms with E-state index in [9.17, 15) is 0 Å². The molecule has 3 saturated heterocycles. The van der Waals surface area contributed by atoms with Crippen molar-refractivity contribution in [3.63, 3.8) is 0 Å². The third-order valence-corrected chi connectivity index (χ3v) is 5.23. The molecule has 4 rings (SSSR count). The Morgan fingerprint density at radius 1 is 1.13 bits per heavy atom. The second-order valence-electron chi connectivity index (χ2n) is 7.00. The summed E-state index contributed by atoms with van der Waals surface area (Å²) < 4.78 is 11.6. The molecule has 1 atom stereocenters. The lowest BCUT2D eigenvalue weighted by molar-refractivity contribution is -0.169. The van der Waals surface area contributed by atoms with Gasteiger partial charge in [0.05, 0.1) is 13.2 Å². The van der Waals surface area contributed by atoms with E-state index in [1.54, 1.807) is 0 Å². The molecule has 0 amide bonds. The van der Waals surface area contributed by atoms with Gasteiger partial charge in [0.2, 0.25) is 5.95 Å². The molecule has 0 N–H and O–H groups in total. The minimum Gasteiger partial charge on any atom is -0.356 e. The summed E-state index contributed by atoms with van der Waals surface area (Å²) in [6.45, 7) is 7.74. The molecule has 0 aliphatic carbocycles. The number of nitrogens with zero attached hydrogens (tertiary/aromatic N) is 4. The molecule has 126 valence electrons. The zero-order valence-corrected chi connectivity index (χ0v) is 13.9. The number of aromatic nitrogens is 2. The Morgan fingerprint density at radius 3 is 2.65 bits per heavy atom. The molecule has 0 aromatic carbocycles. The van der Waals surface area contributed by atoms with Crippen molar-refractivity contribution in [3.8, 4) is 0 Å². The molecule has 1 unspecified atom stereocenters. The van der Waals surface area contributed by atoms with E-state index in [1.807, 2.05) is 12.3 Å². The molecule has 3 aliphatic heterocycles. The first-order chi connectivity index (χ1) is 11.2. The van der Waals surface area contributed by atoms with Gasteiger partial charge in [0.15, 0.2) is 5.79 Å². The van der Waals surface area contributed by atoms with Gasteiger partial charge >= 0.3 is 0 Å². The van der Waals surface area contributed by atoms with Crippen LogP contribution in [0.4, 0.5) is 11.8 Å². The lowest BCUT2D eigenvalue weighted by atomic mass is 10.0. The fourth-order valence-corrected chi connectivity index (χ4v) is 3.90. The van der Waals surface area contributed by atoms with Gasteiger partial charge in [-0.3, -0.25) is 0 Å². The number of hydrogen-bond donors (Lipinski definition) is 0. The Balaban J connectivity index is 1.44. The Kier molecular flexibility index (Phi) is 4.11. The van der Waals surface area contributed by atoms with Crippen molar-refractivity contribution in [3.05, 3.63) is 12.3 Å². The van der Waals surface area contributed by atoms with Gasteiger partial charge in [-0.1, -0.05) is 6.92 Å². The molecule has 4 heterocycles. The summed E-state index contributed by atoms with van der Waals surface area (Å²) in [4.78, 5) is 14.0.